The maximum Gasteiger partial charge on any atom is 0.186 e. The van der Waals surface area contributed by atoms with Gasteiger partial charge >= 0.3 is 0 Å². The summed E-state index contributed by atoms with van der Waals surface area (Å²) in [5.74, 6) is -0.665. The van der Waals surface area contributed by atoms with E-state index in [4.69, 9.17) is 5.41 Å². The first kappa shape index (κ1) is 20.5. The lowest BCUT2D eigenvalue weighted by molar-refractivity contribution is -0.114. The molecule has 0 radical (unpaired) electrons. The predicted molar refractivity (Wildman–Crippen MR) is 128 cm³/mol. The van der Waals surface area contributed by atoms with E-state index in [0.29, 0.717) is 15.0 Å². The van der Waals surface area contributed by atoms with Gasteiger partial charge in [-0.3, -0.25) is 10.2 Å². The zero-order chi connectivity index (χ0) is 20.7. The summed E-state index contributed by atoms with van der Waals surface area (Å²) in [4.78, 5) is 13.6. The van der Waals surface area contributed by atoms with Crippen LogP contribution < -0.4 is 0 Å². The zero-order valence-corrected chi connectivity index (χ0v) is 20.0. The summed E-state index contributed by atoms with van der Waals surface area (Å²) >= 11 is 4.96. The fraction of sp³-hybridized carbons (Fsp3) is 0.238. The van der Waals surface area contributed by atoms with Crippen LogP contribution in [0.4, 0.5) is 0 Å². The number of nitrogens with zero attached hydrogens (tertiary/aromatic N) is 3. The molecule has 2 aromatic heterocycles. The molecular formula is C21H19IN4OS2. The average molecular weight is 534 g/mol. The SMILES string of the molecule is CCc1nnc([C@H]2C(=N)S/C(=C\c3cc(C)n(-c4ccc(I)cc4)c3C)C2=O)s1. The summed E-state index contributed by atoms with van der Waals surface area (Å²) in [6.07, 6.45) is 2.70. The summed E-state index contributed by atoms with van der Waals surface area (Å²) < 4.78 is 3.38. The Hall–Kier alpha value is -1.78. The third-order valence-corrected chi connectivity index (χ3v) is 7.71. The van der Waals surface area contributed by atoms with Crippen LogP contribution >= 0.6 is 45.7 Å². The normalized spacial score (nSPS) is 18.2. The van der Waals surface area contributed by atoms with Gasteiger partial charge in [-0.2, -0.15) is 0 Å². The smallest absolute Gasteiger partial charge is 0.186 e. The number of aromatic nitrogens is 3. The number of halogens is 1. The van der Waals surface area contributed by atoms with Gasteiger partial charge in [-0.1, -0.05) is 18.7 Å². The van der Waals surface area contributed by atoms with Gasteiger partial charge in [0.2, 0.25) is 0 Å². The third-order valence-electron chi connectivity index (χ3n) is 4.86. The first-order valence-electron chi connectivity index (χ1n) is 9.18. The van der Waals surface area contributed by atoms with Crippen LogP contribution in [0.2, 0.25) is 0 Å². The van der Waals surface area contributed by atoms with Crippen LogP contribution in [-0.4, -0.2) is 25.6 Å². The van der Waals surface area contributed by atoms with Crippen LogP contribution in [0.15, 0.2) is 35.2 Å². The molecule has 3 aromatic rings. The third kappa shape index (κ3) is 3.85. The molecule has 1 saturated heterocycles. The molecule has 1 atom stereocenters. The standard InChI is InChI=1S/C21H19IN4OS2/c1-4-17-24-25-21(29-17)18-19(27)16(28-20(18)23)10-13-9-11(2)26(12(13)3)15-7-5-14(22)6-8-15/h5-10,18,23H,4H2,1-3H3/b16-10-,23-20?/t18-/m1/s1. The van der Waals surface area contributed by atoms with Gasteiger partial charge in [0.05, 0.1) is 9.95 Å². The van der Waals surface area contributed by atoms with Gasteiger partial charge in [0.1, 0.15) is 15.9 Å². The number of carbonyl (C=O) groups is 1. The topological polar surface area (TPSA) is 71.6 Å². The molecule has 0 saturated carbocycles. The molecule has 1 aliphatic rings. The minimum Gasteiger partial charge on any atom is -0.318 e. The molecule has 0 aliphatic carbocycles. The van der Waals surface area contributed by atoms with E-state index in [1.165, 1.54) is 26.7 Å². The Morgan fingerprint density at radius 1 is 1.24 bits per heavy atom. The number of allylic oxidation sites excluding steroid dienone is 1. The molecule has 0 unspecified atom stereocenters. The van der Waals surface area contributed by atoms with E-state index < -0.39 is 5.92 Å². The lowest BCUT2D eigenvalue weighted by atomic mass is 10.1. The van der Waals surface area contributed by atoms with Crippen molar-refractivity contribution in [2.24, 2.45) is 0 Å². The van der Waals surface area contributed by atoms with Gasteiger partial charge in [0, 0.05) is 20.6 Å². The van der Waals surface area contributed by atoms with Crippen molar-refractivity contribution in [2.75, 3.05) is 0 Å². The number of hydrogen-bond acceptors (Lipinski definition) is 6. The molecule has 29 heavy (non-hydrogen) atoms. The molecule has 3 heterocycles. The molecule has 4 rings (SSSR count). The van der Waals surface area contributed by atoms with Crippen LogP contribution in [-0.2, 0) is 11.2 Å². The molecule has 1 N–H and O–H groups in total. The van der Waals surface area contributed by atoms with E-state index in [9.17, 15) is 4.79 Å². The highest BCUT2D eigenvalue weighted by Crippen LogP contribution is 2.42. The fourth-order valence-electron chi connectivity index (χ4n) is 3.40. The van der Waals surface area contributed by atoms with E-state index in [-0.39, 0.29) is 5.78 Å². The second kappa shape index (κ2) is 8.16. The maximum atomic E-state index is 13.0. The Balaban J connectivity index is 1.68. The molecule has 1 aliphatic heterocycles. The lowest BCUT2D eigenvalue weighted by Gasteiger charge is -2.09. The second-order valence-corrected chi connectivity index (χ2v) is 10.2. The Kier molecular flexibility index (Phi) is 5.76. The number of Topliss-reactive ketones (excluding diaryl/α,β-unsaturated/α-hetero) is 1. The summed E-state index contributed by atoms with van der Waals surface area (Å²) in [5.41, 5.74) is 4.28. The minimum absolute atomic E-state index is 0.0575. The molecule has 5 nitrogen and oxygen atoms in total. The van der Waals surface area contributed by atoms with Gasteiger partial charge in [0.15, 0.2) is 5.78 Å². The fourth-order valence-corrected chi connectivity index (χ4v) is 5.71. The molecule has 8 heteroatoms. The molecular weight excluding hydrogens is 515 g/mol. The van der Waals surface area contributed by atoms with Crippen LogP contribution in [0, 0.1) is 22.8 Å². The molecule has 0 amide bonds. The van der Waals surface area contributed by atoms with Crippen molar-refractivity contribution in [1.29, 1.82) is 5.41 Å². The largest absolute Gasteiger partial charge is 0.318 e. The van der Waals surface area contributed by atoms with Gasteiger partial charge in [-0.15, -0.1) is 21.5 Å². The van der Waals surface area contributed by atoms with Crippen molar-refractivity contribution in [1.82, 2.24) is 14.8 Å². The summed E-state index contributed by atoms with van der Waals surface area (Å²) in [6.45, 7) is 6.13. The van der Waals surface area contributed by atoms with Crippen molar-refractivity contribution < 1.29 is 4.79 Å². The molecule has 0 spiro atoms. The van der Waals surface area contributed by atoms with Gasteiger partial charge in [0.25, 0.3) is 0 Å². The van der Waals surface area contributed by atoms with E-state index in [2.05, 4.69) is 81.5 Å². The van der Waals surface area contributed by atoms with Gasteiger partial charge in [-0.05, 0) is 84.8 Å². The van der Waals surface area contributed by atoms with Crippen molar-refractivity contribution >= 4 is 62.6 Å². The number of nitrogens with one attached hydrogen (secondary N) is 1. The number of aryl methyl sites for hydroxylation is 2. The van der Waals surface area contributed by atoms with E-state index in [1.54, 1.807) is 0 Å². The van der Waals surface area contributed by atoms with Gasteiger partial charge < -0.3 is 4.57 Å². The second-order valence-electron chi connectivity index (χ2n) is 6.80. The Morgan fingerprint density at radius 3 is 2.62 bits per heavy atom. The summed E-state index contributed by atoms with van der Waals surface area (Å²) in [6, 6.07) is 10.5. The van der Waals surface area contributed by atoms with E-state index in [1.807, 2.05) is 13.0 Å². The van der Waals surface area contributed by atoms with E-state index in [0.717, 1.165) is 34.1 Å². The quantitative estimate of drug-likeness (QED) is 0.353. The highest BCUT2D eigenvalue weighted by molar-refractivity contribution is 14.1. The number of ketones is 1. The molecule has 0 bridgehead atoms. The van der Waals surface area contributed by atoms with Crippen LogP contribution in [0.25, 0.3) is 11.8 Å². The van der Waals surface area contributed by atoms with Crippen molar-refractivity contribution in [3.8, 4) is 5.69 Å². The molecule has 1 fully saturated rings. The summed E-state index contributed by atoms with van der Waals surface area (Å²) in [5, 5.41) is 18.4. The van der Waals surface area contributed by atoms with Crippen LogP contribution in [0.3, 0.4) is 0 Å². The molecule has 1 aromatic carbocycles. The lowest BCUT2D eigenvalue weighted by Crippen LogP contribution is -2.11. The predicted octanol–water partition coefficient (Wildman–Crippen LogP) is 5.53. The van der Waals surface area contributed by atoms with Crippen molar-refractivity contribution in [3.63, 3.8) is 0 Å². The Bertz CT molecular complexity index is 1140. The first-order valence-corrected chi connectivity index (χ1v) is 11.9. The summed E-state index contributed by atoms with van der Waals surface area (Å²) in [7, 11) is 0. The number of carbonyl (C=O) groups excluding carboxylic acids is 1. The monoisotopic (exact) mass is 534 g/mol. The Morgan fingerprint density at radius 2 is 1.97 bits per heavy atom. The zero-order valence-electron chi connectivity index (χ0n) is 16.2. The highest BCUT2D eigenvalue weighted by atomic mass is 127. The Labute approximate surface area is 191 Å². The number of thioether (sulfide) groups is 1. The van der Waals surface area contributed by atoms with Crippen LogP contribution in [0.5, 0.6) is 0 Å². The van der Waals surface area contributed by atoms with Gasteiger partial charge in [-0.25, -0.2) is 0 Å². The van der Waals surface area contributed by atoms with Crippen molar-refractivity contribution in [3.05, 3.63) is 65.8 Å². The molecule has 148 valence electrons. The van der Waals surface area contributed by atoms with E-state index >= 15 is 0 Å². The van der Waals surface area contributed by atoms with Crippen molar-refractivity contribution in [2.45, 2.75) is 33.1 Å². The average Bonchev–Trinajstić information content (AvgIpc) is 3.34. The number of benzene rings is 1. The number of rotatable bonds is 4. The highest BCUT2D eigenvalue weighted by Gasteiger charge is 2.39. The number of hydrogen-bond donors (Lipinski definition) is 1. The van der Waals surface area contributed by atoms with Crippen LogP contribution in [0.1, 0.15) is 39.8 Å². The maximum absolute atomic E-state index is 13.0. The minimum atomic E-state index is -0.608. The first-order chi connectivity index (χ1) is 13.9.